The van der Waals surface area contributed by atoms with Crippen molar-refractivity contribution in [3.63, 3.8) is 0 Å². The molecule has 20 heteroatoms. The molecule has 4 heterocycles. The van der Waals surface area contributed by atoms with Crippen LogP contribution < -0.4 is 5.32 Å². The van der Waals surface area contributed by atoms with Crippen LogP contribution in [0, 0.1) is 23.7 Å². The molecule has 2 fully saturated rings. The van der Waals surface area contributed by atoms with Gasteiger partial charge in [0.25, 0.3) is 5.92 Å². The maximum atomic E-state index is 14.8. The molecule has 0 spiro atoms. The number of halogens is 2. The highest BCUT2D eigenvalue weighted by Crippen LogP contribution is 2.41. The van der Waals surface area contributed by atoms with E-state index in [9.17, 15) is 23.2 Å². The van der Waals surface area contributed by atoms with Crippen LogP contribution in [0.5, 0.6) is 0 Å². The van der Waals surface area contributed by atoms with Gasteiger partial charge in [-0.05, 0) is 60.6 Å². The van der Waals surface area contributed by atoms with Gasteiger partial charge in [-0.3, -0.25) is 9.59 Å². The standard InChI is InChI=1S/C40H46F2N8O6.4H2S/c1-23(2)33(44-22-56-55-6)37(51)50-21-40(41,42)19-32(50)36-45-28-16-13-26(18-29(28)46-36)10-9-25-11-14-27(15-12-25)30-20-43-35(47-30)31-8-7-17-49(31)38(52)34(24(3)4)48-39(53)54-5;;;;/h11-16,18,20,22-24,31-34H,7-8,17,19,21H2,1-6H3,(H,43,47)(H,45,46)(H,48,53);4*1H2/t31-,32-,33-,34-;;;;/m0..../s1. The van der Waals surface area contributed by atoms with E-state index < -0.39 is 49.0 Å². The number of hydrogen-bond acceptors (Lipinski definition) is 9. The van der Waals surface area contributed by atoms with Gasteiger partial charge in [0.2, 0.25) is 18.2 Å². The van der Waals surface area contributed by atoms with Gasteiger partial charge < -0.3 is 34.7 Å². The Balaban J connectivity index is 0.00000310. The number of amides is 3. The first-order chi connectivity index (χ1) is 26.8. The topological polar surface area (TPSA) is 167 Å². The lowest BCUT2D eigenvalue weighted by molar-refractivity contribution is -0.188. The van der Waals surface area contributed by atoms with Crippen LogP contribution in [0.4, 0.5) is 13.6 Å². The number of ether oxygens (including phenoxy) is 1. The molecule has 0 bridgehead atoms. The summed E-state index contributed by atoms with van der Waals surface area (Å²) in [5.41, 5.74) is 4.30. The highest BCUT2D eigenvalue weighted by molar-refractivity contribution is 7.59. The number of fused-ring (bicyclic) bond motifs is 1. The van der Waals surface area contributed by atoms with E-state index in [2.05, 4.69) is 51.9 Å². The Morgan fingerprint density at radius 1 is 0.917 bits per heavy atom. The smallest absolute Gasteiger partial charge is 0.407 e. The Morgan fingerprint density at radius 2 is 1.60 bits per heavy atom. The molecule has 6 rings (SSSR count). The van der Waals surface area contributed by atoms with Gasteiger partial charge in [0.1, 0.15) is 23.7 Å². The number of imidazole rings is 2. The number of aromatic nitrogens is 4. The zero-order chi connectivity index (χ0) is 40.1. The van der Waals surface area contributed by atoms with Crippen LogP contribution >= 0.6 is 54.0 Å². The van der Waals surface area contributed by atoms with Gasteiger partial charge >= 0.3 is 6.09 Å². The normalized spacial score (nSPS) is 17.8. The van der Waals surface area contributed by atoms with Gasteiger partial charge in [0.15, 0.2) is 0 Å². The first-order valence-electron chi connectivity index (χ1n) is 18.5. The van der Waals surface area contributed by atoms with Crippen molar-refractivity contribution < 1.29 is 37.7 Å². The molecule has 2 aliphatic heterocycles. The Hall–Kier alpha value is -4.42. The van der Waals surface area contributed by atoms with Gasteiger partial charge in [-0.25, -0.2) is 28.5 Å². The van der Waals surface area contributed by atoms with Crippen molar-refractivity contribution in [2.45, 2.75) is 77.0 Å². The number of carbonyl (C=O) groups is 3. The van der Waals surface area contributed by atoms with Crippen molar-refractivity contribution in [1.29, 1.82) is 0 Å². The van der Waals surface area contributed by atoms with Crippen LogP contribution in [0.1, 0.15) is 81.8 Å². The van der Waals surface area contributed by atoms with E-state index in [4.69, 9.17) is 4.74 Å². The fourth-order valence-corrected chi connectivity index (χ4v) is 7.11. The Kier molecular flexibility index (Phi) is 19.3. The molecule has 0 aliphatic carbocycles. The predicted molar refractivity (Wildman–Crippen MR) is 245 cm³/mol. The zero-order valence-electron chi connectivity index (χ0n) is 34.1. The maximum absolute atomic E-state index is 14.8. The number of alkyl carbamates (subject to hydrolysis) is 1. The summed E-state index contributed by atoms with van der Waals surface area (Å²) in [6, 6.07) is 10.1. The largest absolute Gasteiger partial charge is 0.453 e. The third-order valence-electron chi connectivity index (χ3n) is 10.00. The van der Waals surface area contributed by atoms with Crippen molar-refractivity contribution in [3.05, 3.63) is 71.4 Å². The number of rotatable bonds is 11. The molecule has 0 unspecified atom stereocenters. The predicted octanol–water partition coefficient (Wildman–Crippen LogP) is 6.39. The van der Waals surface area contributed by atoms with Crippen molar-refractivity contribution >= 4 is 89.3 Å². The van der Waals surface area contributed by atoms with E-state index in [0.717, 1.165) is 41.0 Å². The summed E-state index contributed by atoms with van der Waals surface area (Å²) < 4.78 is 34.3. The molecule has 2 aliphatic rings. The quantitative estimate of drug-likeness (QED) is 0.0512. The molecule has 3 N–H and O–H groups in total. The molecule has 0 saturated carbocycles. The van der Waals surface area contributed by atoms with Crippen LogP contribution in [-0.2, 0) is 24.1 Å². The molecule has 4 atom stereocenters. The van der Waals surface area contributed by atoms with Crippen LogP contribution in [0.15, 0.2) is 53.7 Å². The lowest BCUT2D eigenvalue weighted by Crippen LogP contribution is -2.51. The van der Waals surface area contributed by atoms with E-state index in [1.165, 1.54) is 14.2 Å². The van der Waals surface area contributed by atoms with E-state index in [0.29, 0.717) is 29.0 Å². The van der Waals surface area contributed by atoms with Gasteiger partial charge in [-0.1, -0.05) is 51.7 Å². The van der Waals surface area contributed by atoms with Crippen molar-refractivity contribution in [1.82, 2.24) is 35.1 Å². The number of likely N-dealkylation sites (tertiary alicyclic amines) is 2. The van der Waals surface area contributed by atoms with E-state index in [1.54, 1.807) is 43.1 Å². The van der Waals surface area contributed by atoms with Crippen molar-refractivity contribution in [2.24, 2.45) is 16.8 Å². The molecule has 3 amide bonds. The Labute approximate surface area is 376 Å². The molecule has 4 aromatic rings. The van der Waals surface area contributed by atoms with Crippen LogP contribution in [0.3, 0.4) is 0 Å². The van der Waals surface area contributed by atoms with Gasteiger partial charge in [0.05, 0.1) is 55.8 Å². The minimum absolute atomic E-state index is 0. The average Bonchev–Trinajstić information content (AvgIpc) is 3.99. The van der Waals surface area contributed by atoms with Crippen LogP contribution in [0.2, 0.25) is 0 Å². The maximum Gasteiger partial charge on any atom is 0.407 e. The molecule has 2 aromatic carbocycles. The number of alkyl halides is 2. The molecule has 2 aromatic heterocycles. The van der Waals surface area contributed by atoms with Crippen LogP contribution in [-0.4, -0.2) is 99.4 Å². The lowest BCUT2D eigenvalue weighted by atomic mass is 10.0. The first kappa shape index (κ1) is 51.7. The molecule has 14 nitrogen and oxygen atoms in total. The Morgan fingerprint density at radius 3 is 2.25 bits per heavy atom. The van der Waals surface area contributed by atoms with Crippen molar-refractivity contribution in [3.8, 4) is 23.1 Å². The number of carbonyl (C=O) groups excluding carboxylic acids is 3. The zero-order valence-corrected chi connectivity index (χ0v) is 38.1. The second kappa shape index (κ2) is 22.4. The number of H-pyrrole nitrogens is 2. The summed E-state index contributed by atoms with van der Waals surface area (Å²) in [4.78, 5) is 70.9. The number of nitrogens with zero attached hydrogens (tertiary/aromatic N) is 5. The van der Waals surface area contributed by atoms with E-state index >= 15 is 0 Å². The summed E-state index contributed by atoms with van der Waals surface area (Å²) in [5.74, 6) is 3.03. The van der Waals surface area contributed by atoms with Gasteiger partial charge in [-0.15, -0.1) is 0 Å². The van der Waals surface area contributed by atoms with Crippen molar-refractivity contribution in [2.75, 3.05) is 27.3 Å². The number of benzene rings is 2. The monoisotopic (exact) mass is 908 g/mol. The second-order valence-corrected chi connectivity index (χ2v) is 14.7. The number of methoxy groups -OCH3 is 1. The fraction of sp³-hybridized carbons (Fsp3) is 0.450. The molecule has 328 valence electrons. The highest BCUT2D eigenvalue weighted by atomic mass is 32.1. The second-order valence-electron chi connectivity index (χ2n) is 14.7. The minimum atomic E-state index is -3.10. The average molecular weight is 909 g/mol. The third-order valence-corrected chi connectivity index (χ3v) is 10.00. The van der Waals surface area contributed by atoms with Gasteiger partial charge in [0, 0.05) is 24.1 Å². The molecular weight excluding hydrogens is 855 g/mol. The molecular formula is C40H54F2N8O6S4. The summed E-state index contributed by atoms with van der Waals surface area (Å²) >= 11 is 0. The van der Waals surface area contributed by atoms with Gasteiger partial charge in [-0.2, -0.15) is 58.9 Å². The number of hydrogen-bond donors (Lipinski definition) is 3. The first-order valence-corrected chi connectivity index (χ1v) is 18.5. The summed E-state index contributed by atoms with van der Waals surface area (Å²) in [6.07, 6.45) is 3.08. The Bertz CT molecular complexity index is 2160. The van der Waals surface area contributed by atoms with Crippen LogP contribution in [0.25, 0.3) is 22.3 Å². The fourth-order valence-electron chi connectivity index (χ4n) is 7.11. The SMILES string of the molecule is COOC=N[C@H](C(=O)N1CC(F)(F)C[C@H]1c1nc2ccc(C#Cc3ccc(-c4cnc([C@@H]5CCCN5C(=O)[C@@H](NC(=O)OC)C(C)C)[nH]4)cc3)cc2[nH]1)C(C)C.S.S.S.S. The molecule has 0 radical (unpaired) electrons. The molecule has 2 saturated heterocycles. The number of aromatic amines is 2. The lowest BCUT2D eigenvalue weighted by Gasteiger charge is -2.30. The van der Waals surface area contributed by atoms with E-state index in [1.807, 2.05) is 38.1 Å². The summed E-state index contributed by atoms with van der Waals surface area (Å²) in [6.45, 7) is 7.12. The minimum Gasteiger partial charge on any atom is -0.453 e. The summed E-state index contributed by atoms with van der Waals surface area (Å²) in [5, 5.41) is 2.67. The third kappa shape index (κ3) is 11.9. The molecule has 60 heavy (non-hydrogen) atoms. The highest BCUT2D eigenvalue weighted by Gasteiger charge is 2.50. The number of aliphatic imine (C=N–C) groups is 1. The van der Waals surface area contributed by atoms with E-state index in [-0.39, 0.29) is 83.6 Å². The number of nitrogens with one attached hydrogen (secondary N) is 3. The summed E-state index contributed by atoms with van der Waals surface area (Å²) in [7, 11) is 2.56.